The number of halogens is 1. The zero-order valence-corrected chi connectivity index (χ0v) is 14.4. The lowest BCUT2D eigenvalue weighted by Crippen LogP contribution is -2.18. The van der Waals surface area contributed by atoms with Crippen LogP contribution in [0.5, 0.6) is 0 Å². The number of rotatable bonds is 6. The van der Waals surface area contributed by atoms with E-state index in [1.54, 1.807) is 6.92 Å². The molecule has 1 atom stereocenters. The second kappa shape index (κ2) is 8.93. The summed E-state index contributed by atoms with van der Waals surface area (Å²) in [6.45, 7) is 2.11. The van der Waals surface area contributed by atoms with Gasteiger partial charge in [0.2, 0.25) is 0 Å². The second-order valence-corrected chi connectivity index (χ2v) is 6.65. The molecule has 1 aromatic rings. The summed E-state index contributed by atoms with van der Waals surface area (Å²) in [6, 6.07) is 8.46. The van der Waals surface area contributed by atoms with E-state index in [0.717, 1.165) is 11.1 Å². The molecule has 1 unspecified atom stereocenters. The van der Waals surface area contributed by atoms with Gasteiger partial charge >= 0.3 is 5.97 Å². The third kappa shape index (κ3) is 4.97. The molecule has 0 amide bonds. The molecular formula is C19H24ClNO2. The lowest BCUT2D eigenvalue weighted by atomic mass is 9.81. The lowest BCUT2D eigenvalue weighted by Gasteiger charge is -2.23. The number of aryl methyl sites for hydroxylation is 1. The zero-order chi connectivity index (χ0) is 16.7. The highest BCUT2D eigenvalue weighted by atomic mass is 35.5. The summed E-state index contributed by atoms with van der Waals surface area (Å²) in [7, 11) is 0. The van der Waals surface area contributed by atoms with E-state index in [2.05, 4.69) is 18.2 Å². The first-order valence-electron chi connectivity index (χ1n) is 8.49. The van der Waals surface area contributed by atoms with E-state index in [1.165, 1.54) is 37.7 Å². The molecule has 2 rings (SSSR count). The molecule has 23 heavy (non-hydrogen) atoms. The first-order chi connectivity index (χ1) is 11.2. The third-order valence-electron chi connectivity index (χ3n) is 4.51. The van der Waals surface area contributed by atoms with Crippen molar-refractivity contribution in [3.8, 4) is 6.07 Å². The summed E-state index contributed by atoms with van der Waals surface area (Å²) in [6.07, 6.45) is 7.37. The smallest absolute Gasteiger partial charge is 0.324 e. The Morgan fingerprint density at radius 1 is 1.39 bits per heavy atom. The highest BCUT2D eigenvalue weighted by molar-refractivity contribution is 6.29. The van der Waals surface area contributed by atoms with Crippen molar-refractivity contribution in [2.75, 3.05) is 6.61 Å². The van der Waals surface area contributed by atoms with Crippen LogP contribution in [0.2, 0.25) is 0 Å². The van der Waals surface area contributed by atoms with Crippen LogP contribution in [0.4, 0.5) is 0 Å². The van der Waals surface area contributed by atoms with Gasteiger partial charge in [-0.15, -0.1) is 11.6 Å². The van der Waals surface area contributed by atoms with Gasteiger partial charge in [-0.1, -0.05) is 31.4 Å². The fourth-order valence-corrected chi connectivity index (χ4v) is 3.44. The molecule has 0 spiro atoms. The van der Waals surface area contributed by atoms with Crippen molar-refractivity contribution in [1.82, 2.24) is 0 Å². The summed E-state index contributed by atoms with van der Waals surface area (Å²) in [5.41, 5.74) is 3.01. The average molecular weight is 334 g/mol. The Kier molecular flexibility index (Phi) is 6.92. The Hall–Kier alpha value is -1.53. The van der Waals surface area contributed by atoms with Crippen LogP contribution in [0, 0.1) is 11.3 Å². The number of ether oxygens (including phenoxy) is 1. The lowest BCUT2D eigenvalue weighted by molar-refractivity contribution is -0.142. The molecule has 0 saturated heterocycles. The zero-order valence-electron chi connectivity index (χ0n) is 13.7. The van der Waals surface area contributed by atoms with E-state index in [1.807, 2.05) is 6.07 Å². The molecule has 4 heteroatoms. The molecule has 0 aromatic heterocycles. The standard InChI is InChI=1S/C19H24ClNO2/c1-2-23-19(22)18(20)11-9-14-8-10-17(16(12-14)13-21)15-6-4-3-5-7-15/h8,10,12,15,18H,2-7,9,11H2,1H3. The Bertz CT molecular complexity index is 573. The predicted octanol–water partition coefficient (Wildman–Crippen LogP) is 4.71. The van der Waals surface area contributed by atoms with Crippen molar-refractivity contribution >= 4 is 17.6 Å². The van der Waals surface area contributed by atoms with Gasteiger partial charge in [-0.05, 0) is 55.7 Å². The van der Waals surface area contributed by atoms with Crippen LogP contribution in [0.25, 0.3) is 0 Å². The molecule has 1 aromatic carbocycles. The SMILES string of the molecule is CCOC(=O)C(Cl)CCc1ccc(C2CCCCC2)c(C#N)c1. The van der Waals surface area contributed by atoms with Gasteiger partial charge in [0.1, 0.15) is 5.38 Å². The highest BCUT2D eigenvalue weighted by Crippen LogP contribution is 2.34. The average Bonchev–Trinajstić information content (AvgIpc) is 2.60. The maximum absolute atomic E-state index is 11.5. The van der Waals surface area contributed by atoms with Gasteiger partial charge in [-0.3, -0.25) is 4.79 Å². The van der Waals surface area contributed by atoms with Gasteiger partial charge in [0.25, 0.3) is 0 Å². The first kappa shape index (κ1) is 17.8. The van der Waals surface area contributed by atoms with E-state index < -0.39 is 5.38 Å². The molecule has 0 bridgehead atoms. The van der Waals surface area contributed by atoms with Crippen LogP contribution in [-0.4, -0.2) is 18.0 Å². The molecule has 3 nitrogen and oxygen atoms in total. The maximum Gasteiger partial charge on any atom is 0.324 e. The van der Waals surface area contributed by atoms with Gasteiger partial charge < -0.3 is 4.74 Å². The van der Waals surface area contributed by atoms with Crippen molar-refractivity contribution in [3.05, 3.63) is 34.9 Å². The normalized spacial score (nSPS) is 16.6. The minimum Gasteiger partial charge on any atom is -0.465 e. The summed E-state index contributed by atoms with van der Waals surface area (Å²) < 4.78 is 4.91. The Morgan fingerprint density at radius 2 is 2.13 bits per heavy atom. The molecule has 0 N–H and O–H groups in total. The van der Waals surface area contributed by atoms with Crippen molar-refractivity contribution in [1.29, 1.82) is 5.26 Å². The van der Waals surface area contributed by atoms with E-state index in [0.29, 0.717) is 25.4 Å². The van der Waals surface area contributed by atoms with Crippen molar-refractivity contribution in [2.45, 2.75) is 63.2 Å². The molecule has 124 valence electrons. The number of esters is 1. The summed E-state index contributed by atoms with van der Waals surface area (Å²) in [4.78, 5) is 11.5. The fourth-order valence-electron chi connectivity index (χ4n) is 3.27. The Morgan fingerprint density at radius 3 is 2.78 bits per heavy atom. The number of benzene rings is 1. The molecule has 1 fully saturated rings. The largest absolute Gasteiger partial charge is 0.465 e. The summed E-state index contributed by atoms with van der Waals surface area (Å²) >= 11 is 6.05. The van der Waals surface area contributed by atoms with E-state index in [-0.39, 0.29) is 5.97 Å². The highest BCUT2D eigenvalue weighted by Gasteiger charge is 2.20. The Labute approximate surface area is 143 Å². The topological polar surface area (TPSA) is 50.1 Å². The first-order valence-corrected chi connectivity index (χ1v) is 8.93. The van der Waals surface area contributed by atoms with Gasteiger partial charge in [0, 0.05) is 0 Å². The fraction of sp³-hybridized carbons (Fsp3) is 0.579. The number of carbonyl (C=O) groups is 1. The second-order valence-electron chi connectivity index (χ2n) is 6.13. The van der Waals surface area contributed by atoms with Gasteiger partial charge in [-0.25, -0.2) is 0 Å². The van der Waals surface area contributed by atoms with E-state index in [9.17, 15) is 10.1 Å². The summed E-state index contributed by atoms with van der Waals surface area (Å²) in [5, 5.41) is 8.83. The number of carbonyl (C=O) groups excluding carboxylic acids is 1. The van der Waals surface area contributed by atoms with E-state index >= 15 is 0 Å². The van der Waals surface area contributed by atoms with Crippen LogP contribution >= 0.6 is 11.6 Å². The minimum absolute atomic E-state index is 0.344. The number of alkyl halides is 1. The van der Waals surface area contributed by atoms with Crippen molar-refractivity contribution < 1.29 is 9.53 Å². The summed E-state index contributed by atoms with van der Waals surface area (Å²) in [5.74, 6) is 0.154. The molecule has 1 saturated carbocycles. The van der Waals surface area contributed by atoms with Gasteiger partial charge in [-0.2, -0.15) is 5.26 Å². The van der Waals surface area contributed by atoms with Crippen LogP contribution in [0.1, 0.15) is 68.1 Å². The van der Waals surface area contributed by atoms with E-state index in [4.69, 9.17) is 16.3 Å². The van der Waals surface area contributed by atoms with Gasteiger partial charge in [0.05, 0.1) is 18.2 Å². The predicted molar refractivity (Wildman–Crippen MR) is 91.6 cm³/mol. The quantitative estimate of drug-likeness (QED) is 0.559. The van der Waals surface area contributed by atoms with Crippen LogP contribution in [0.3, 0.4) is 0 Å². The number of nitrogens with zero attached hydrogens (tertiary/aromatic N) is 1. The minimum atomic E-state index is -0.626. The number of nitriles is 1. The third-order valence-corrected chi connectivity index (χ3v) is 4.91. The number of hydrogen-bond donors (Lipinski definition) is 0. The van der Waals surface area contributed by atoms with Crippen LogP contribution in [-0.2, 0) is 16.0 Å². The number of hydrogen-bond acceptors (Lipinski definition) is 3. The molecule has 0 heterocycles. The maximum atomic E-state index is 11.5. The van der Waals surface area contributed by atoms with Gasteiger partial charge in [0.15, 0.2) is 0 Å². The monoisotopic (exact) mass is 333 g/mol. The van der Waals surface area contributed by atoms with Crippen LogP contribution in [0.15, 0.2) is 18.2 Å². The molecule has 1 aliphatic carbocycles. The van der Waals surface area contributed by atoms with Crippen molar-refractivity contribution in [3.63, 3.8) is 0 Å². The van der Waals surface area contributed by atoms with Crippen molar-refractivity contribution in [2.24, 2.45) is 0 Å². The molecular weight excluding hydrogens is 310 g/mol. The molecule has 1 aliphatic rings. The molecule has 0 radical (unpaired) electrons. The molecule has 0 aliphatic heterocycles. The van der Waals surface area contributed by atoms with Crippen LogP contribution < -0.4 is 0 Å². The Balaban J connectivity index is 2.01.